The van der Waals surface area contributed by atoms with Gasteiger partial charge in [-0.2, -0.15) is 13.2 Å². The van der Waals surface area contributed by atoms with Gasteiger partial charge in [0.05, 0.1) is 6.04 Å². The molecule has 2 aromatic rings. The standard InChI is InChI=1S/C19H18F4N2O4S/c1-18(2,3)29-17(27)25-13(8-12-9-24-15(30-12)19(21,22)23)14(28-16(25)26)10-4-6-11(20)7-5-10/h4-7,9,13-14H,8H2,1-3H3. The number of halogens is 4. The number of carbonyl (C=O) groups excluding carboxylic acids is 2. The molecule has 30 heavy (non-hydrogen) atoms. The minimum atomic E-state index is -4.61. The van der Waals surface area contributed by atoms with Crippen LogP contribution in [-0.2, 0) is 22.1 Å². The van der Waals surface area contributed by atoms with Gasteiger partial charge < -0.3 is 9.47 Å². The van der Waals surface area contributed by atoms with Crippen LogP contribution in [0.1, 0.15) is 42.3 Å². The lowest BCUT2D eigenvalue weighted by atomic mass is 9.99. The number of alkyl halides is 3. The Hall–Kier alpha value is -2.69. The fraction of sp³-hybridized carbons (Fsp3) is 0.421. The van der Waals surface area contributed by atoms with Crippen molar-refractivity contribution in [3.8, 4) is 0 Å². The van der Waals surface area contributed by atoms with E-state index >= 15 is 0 Å². The summed E-state index contributed by atoms with van der Waals surface area (Å²) < 4.78 is 62.6. The quantitative estimate of drug-likeness (QED) is 0.596. The van der Waals surface area contributed by atoms with Crippen LogP contribution in [0.5, 0.6) is 0 Å². The minimum Gasteiger partial charge on any atom is -0.443 e. The zero-order chi connectivity index (χ0) is 22.3. The summed E-state index contributed by atoms with van der Waals surface area (Å²) in [5, 5.41) is -1.04. The second kappa shape index (κ2) is 7.86. The summed E-state index contributed by atoms with van der Waals surface area (Å²) in [6, 6.07) is 4.08. The highest BCUT2D eigenvalue weighted by atomic mass is 32.1. The first kappa shape index (κ1) is 22.0. The van der Waals surface area contributed by atoms with E-state index in [1.807, 2.05) is 0 Å². The molecule has 1 aromatic carbocycles. The molecule has 6 nitrogen and oxygen atoms in total. The van der Waals surface area contributed by atoms with E-state index in [1.54, 1.807) is 20.8 Å². The van der Waals surface area contributed by atoms with Crippen LogP contribution in [0, 0.1) is 5.82 Å². The molecule has 0 saturated carbocycles. The Balaban J connectivity index is 1.95. The first-order valence-corrected chi connectivity index (χ1v) is 9.67. The zero-order valence-electron chi connectivity index (χ0n) is 16.2. The average molecular weight is 446 g/mol. The van der Waals surface area contributed by atoms with Crippen LogP contribution in [0.4, 0.5) is 27.2 Å². The molecule has 2 unspecified atom stereocenters. The molecule has 0 spiro atoms. The lowest BCUT2D eigenvalue weighted by molar-refractivity contribution is -0.137. The van der Waals surface area contributed by atoms with E-state index in [-0.39, 0.29) is 11.3 Å². The third kappa shape index (κ3) is 4.89. The van der Waals surface area contributed by atoms with Gasteiger partial charge in [0, 0.05) is 17.5 Å². The molecule has 0 bridgehead atoms. The molecule has 2 atom stereocenters. The molecule has 2 heterocycles. The molecule has 162 valence electrons. The lowest BCUT2D eigenvalue weighted by Crippen LogP contribution is -2.43. The maximum Gasteiger partial charge on any atom is 0.443 e. The van der Waals surface area contributed by atoms with Crippen LogP contribution in [-0.4, -0.2) is 33.7 Å². The number of ether oxygens (including phenoxy) is 2. The monoisotopic (exact) mass is 446 g/mol. The number of nitrogens with zero attached hydrogens (tertiary/aromatic N) is 2. The van der Waals surface area contributed by atoms with Crippen molar-refractivity contribution in [2.24, 2.45) is 0 Å². The summed E-state index contributed by atoms with van der Waals surface area (Å²) in [6.45, 7) is 4.83. The van der Waals surface area contributed by atoms with Gasteiger partial charge in [-0.3, -0.25) is 0 Å². The third-order valence-corrected chi connectivity index (χ3v) is 5.17. The van der Waals surface area contributed by atoms with Crippen LogP contribution < -0.4 is 0 Å². The van der Waals surface area contributed by atoms with Crippen molar-refractivity contribution in [1.82, 2.24) is 9.88 Å². The van der Waals surface area contributed by atoms with Crippen LogP contribution >= 0.6 is 11.3 Å². The van der Waals surface area contributed by atoms with Gasteiger partial charge in [-0.25, -0.2) is 23.9 Å². The molecular formula is C19H18F4N2O4S. The highest BCUT2D eigenvalue weighted by molar-refractivity contribution is 7.11. The van der Waals surface area contributed by atoms with Gasteiger partial charge in [-0.15, -0.1) is 11.3 Å². The fourth-order valence-electron chi connectivity index (χ4n) is 2.92. The van der Waals surface area contributed by atoms with Crippen molar-refractivity contribution < 1.29 is 36.6 Å². The van der Waals surface area contributed by atoms with Gasteiger partial charge in [0.1, 0.15) is 11.4 Å². The molecule has 0 N–H and O–H groups in total. The second-order valence-corrected chi connectivity index (χ2v) is 8.72. The number of cyclic esters (lactones) is 1. The van der Waals surface area contributed by atoms with E-state index in [0.29, 0.717) is 16.9 Å². The number of carbonyl (C=O) groups is 2. The van der Waals surface area contributed by atoms with Crippen molar-refractivity contribution in [3.63, 3.8) is 0 Å². The van der Waals surface area contributed by atoms with E-state index in [9.17, 15) is 27.2 Å². The Morgan fingerprint density at radius 3 is 2.40 bits per heavy atom. The topological polar surface area (TPSA) is 68.7 Å². The predicted molar refractivity (Wildman–Crippen MR) is 98.3 cm³/mol. The number of imide groups is 1. The molecule has 1 saturated heterocycles. The molecule has 11 heteroatoms. The first-order valence-electron chi connectivity index (χ1n) is 8.85. The number of benzene rings is 1. The molecule has 3 rings (SSSR count). The summed E-state index contributed by atoms with van der Waals surface area (Å²) in [7, 11) is 0. The Labute approximate surface area is 173 Å². The van der Waals surface area contributed by atoms with Crippen LogP contribution in [0.25, 0.3) is 0 Å². The number of hydrogen-bond donors (Lipinski definition) is 0. The van der Waals surface area contributed by atoms with Crippen molar-refractivity contribution in [2.75, 3.05) is 0 Å². The molecular weight excluding hydrogens is 428 g/mol. The van der Waals surface area contributed by atoms with Crippen molar-refractivity contribution in [1.29, 1.82) is 0 Å². The van der Waals surface area contributed by atoms with E-state index < -0.39 is 46.9 Å². The van der Waals surface area contributed by atoms with E-state index in [4.69, 9.17) is 9.47 Å². The largest absolute Gasteiger partial charge is 0.443 e. The predicted octanol–water partition coefficient (Wildman–Crippen LogP) is 5.34. The summed E-state index contributed by atoms with van der Waals surface area (Å²) in [6.07, 6.45) is -6.69. The Bertz CT molecular complexity index is 937. The molecule has 1 aliphatic heterocycles. The smallest absolute Gasteiger partial charge is 0.443 e. The molecule has 0 radical (unpaired) electrons. The summed E-state index contributed by atoms with van der Waals surface area (Å²) in [4.78, 5) is 29.4. The fourth-order valence-corrected chi connectivity index (χ4v) is 3.74. The minimum absolute atomic E-state index is 0.138. The van der Waals surface area contributed by atoms with Crippen LogP contribution in [0.3, 0.4) is 0 Å². The Morgan fingerprint density at radius 2 is 1.87 bits per heavy atom. The summed E-state index contributed by atoms with van der Waals surface area (Å²) in [5.41, 5.74) is -0.523. The highest BCUT2D eigenvalue weighted by Crippen LogP contribution is 2.38. The van der Waals surface area contributed by atoms with Gasteiger partial charge in [0.25, 0.3) is 0 Å². The number of thiazole rings is 1. The van der Waals surface area contributed by atoms with Gasteiger partial charge in [-0.1, -0.05) is 12.1 Å². The van der Waals surface area contributed by atoms with Gasteiger partial charge >= 0.3 is 18.4 Å². The molecule has 2 amide bonds. The molecule has 1 fully saturated rings. The number of rotatable bonds is 3. The second-order valence-electron chi connectivity index (χ2n) is 7.61. The lowest BCUT2D eigenvalue weighted by Gasteiger charge is -2.26. The summed E-state index contributed by atoms with van der Waals surface area (Å²) in [5.74, 6) is -0.513. The number of aromatic nitrogens is 1. The maximum atomic E-state index is 13.3. The van der Waals surface area contributed by atoms with Gasteiger partial charge in [-0.05, 0) is 38.5 Å². The van der Waals surface area contributed by atoms with Crippen LogP contribution in [0.2, 0.25) is 0 Å². The van der Waals surface area contributed by atoms with Crippen molar-refractivity contribution >= 4 is 23.5 Å². The van der Waals surface area contributed by atoms with E-state index in [2.05, 4.69) is 4.98 Å². The molecule has 0 aliphatic carbocycles. The first-order chi connectivity index (χ1) is 13.8. The van der Waals surface area contributed by atoms with E-state index in [0.717, 1.165) is 23.2 Å². The maximum absolute atomic E-state index is 13.3. The normalized spacial score (nSPS) is 19.7. The highest BCUT2D eigenvalue weighted by Gasteiger charge is 2.48. The van der Waals surface area contributed by atoms with Crippen molar-refractivity contribution in [2.45, 2.75) is 51.1 Å². The third-order valence-electron chi connectivity index (χ3n) is 4.10. The van der Waals surface area contributed by atoms with Crippen molar-refractivity contribution in [3.05, 3.63) is 51.7 Å². The van der Waals surface area contributed by atoms with E-state index in [1.165, 1.54) is 12.1 Å². The SMILES string of the molecule is CC(C)(C)OC(=O)N1C(=O)OC(c2ccc(F)cc2)C1Cc1cnc(C(F)(F)F)s1. The molecule has 1 aromatic heterocycles. The average Bonchev–Trinajstić information content (AvgIpc) is 3.19. The van der Waals surface area contributed by atoms with Gasteiger partial charge in [0.15, 0.2) is 11.1 Å². The molecule has 1 aliphatic rings. The Morgan fingerprint density at radius 1 is 1.23 bits per heavy atom. The zero-order valence-corrected chi connectivity index (χ0v) is 17.0. The Kier molecular flexibility index (Phi) is 5.76. The number of hydrogen-bond acceptors (Lipinski definition) is 6. The summed E-state index contributed by atoms with van der Waals surface area (Å²) >= 11 is 0.413. The van der Waals surface area contributed by atoms with Crippen LogP contribution in [0.15, 0.2) is 30.5 Å². The number of amides is 2. The van der Waals surface area contributed by atoms with Gasteiger partial charge in [0.2, 0.25) is 0 Å².